The Bertz CT molecular complexity index is 312. The Balaban J connectivity index is 1.76. The van der Waals surface area contributed by atoms with Crippen molar-refractivity contribution in [2.45, 2.75) is 32.3 Å². The van der Waals surface area contributed by atoms with Crippen molar-refractivity contribution in [3.8, 4) is 0 Å². The molecular weight excluding hydrogens is 210 g/mol. The molecule has 0 aromatic heterocycles. The maximum Gasteiger partial charge on any atom is 0.0597 e. The zero-order valence-electron chi connectivity index (χ0n) is 10.8. The monoisotopic (exact) mass is 233 g/mol. The third kappa shape index (κ3) is 4.14. The smallest absolute Gasteiger partial charge is 0.0597 e. The first-order valence-electron chi connectivity index (χ1n) is 6.76. The fourth-order valence-corrected chi connectivity index (χ4v) is 2.35. The van der Waals surface area contributed by atoms with E-state index in [1.165, 1.54) is 18.5 Å². The van der Waals surface area contributed by atoms with E-state index in [2.05, 4.69) is 42.2 Å². The Hall–Kier alpha value is -0.860. The minimum atomic E-state index is 0.483. The van der Waals surface area contributed by atoms with Crippen LogP contribution in [-0.2, 0) is 11.2 Å². The first kappa shape index (κ1) is 12.6. The number of nitrogens with zero attached hydrogens (tertiary/aromatic N) is 1. The van der Waals surface area contributed by atoms with Gasteiger partial charge in [0, 0.05) is 19.6 Å². The van der Waals surface area contributed by atoms with Crippen molar-refractivity contribution in [1.29, 1.82) is 0 Å². The van der Waals surface area contributed by atoms with Gasteiger partial charge in [0.2, 0.25) is 0 Å². The van der Waals surface area contributed by atoms with Crippen LogP contribution >= 0.6 is 0 Å². The van der Waals surface area contributed by atoms with E-state index >= 15 is 0 Å². The quantitative estimate of drug-likeness (QED) is 0.793. The maximum atomic E-state index is 5.79. The Labute approximate surface area is 105 Å². The topological polar surface area (TPSA) is 12.5 Å². The van der Waals surface area contributed by atoms with E-state index in [0.717, 1.165) is 32.5 Å². The fraction of sp³-hybridized carbons (Fsp3) is 0.600. The molecule has 0 bridgehead atoms. The van der Waals surface area contributed by atoms with Crippen LogP contribution in [0.5, 0.6) is 0 Å². The minimum Gasteiger partial charge on any atom is -0.377 e. The summed E-state index contributed by atoms with van der Waals surface area (Å²) in [5.41, 5.74) is 1.43. The molecule has 94 valence electrons. The van der Waals surface area contributed by atoms with E-state index in [0.29, 0.717) is 6.10 Å². The lowest BCUT2D eigenvalue weighted by molar-refractivity contribution is 0.0598. The zero-order chi connectivity index (χ0) is 11.9. The van der Waals surface area contributed by atoms with Crippen molar-refractivity contribution < 1.29 is 4.74 Å². The molecule has 2 nitrogen and oxygen atoms in total. The highest BCUT2D eigenvalue weighted by Gasteiger charge is 2.15. The van der Waals surface area contributed by atoms with Crippen LogP contribution in [0.4, 0.5) is 0 Å². The molecule has 1 saturated heterocycles. The summed E-state index contributed by atoms with van der Waals surface area (Å²) in [6.07, 6.45) is 3.96. The van der Waals surface area contributed by atoms with Gasteiger partial charge in [-0.3, -0.25) is 0 Å². The second kappa shape index (κ2) is 6.77. The summed E-state index contributed by atoms with van der Waals surface area (Å²) in [5.74, 6) is 0. The highest BCUT2D eigenvalue weighted by Crippen LogP contribution is 2.10. The minimum absolute atomic E-state index is 0.483. The Morgan fingerprint density at radius 2 is 2.06 bits per heavy atom. The van der Waals surface area contributed by atoms with Crippen LogP contribution in [0.1, 0.15) is 25.3 Å². The van der Waals surface area contributed by atoms with Gasteiger partial charge >= 0.3 is 0 Å². The van der Waals surface area contributed by atoms with Crippen molar-refractivity contribution in [2.75, 3.05) is 26.2 Å². The number of hydrogen-bond acceptors (Lipinski definition) is 2. The molecule has 1 unspecified atom stereocenters. The molecule has 0 aliphatic carbocycles. The summed E-state index contributed by atoms with van der Waals surface area (Å²) in [4.78, 5) is 2.53. The van der Waals surface area contributed by atoms with Crippen molar-refractivity contribution >= 4 is 0 Å². The molecule has 1 aliphatic heterocycles. The van der Waals surface area contributed by atoms with Crippen LogP contribution in [0.3, 0.4) is 0 Å². The molecule has 1 fully saturated rings. The standard InChI is InChI=1S/C15H23NO/c1-2-15-9-11-16(12-13-17-15)10-8-14-6-4-3-5-7-14/h3-7,15H,2,8-13H2,1H3. The van der Waals surface area contributed by atoms with Crippen molar-refractivity contribution in [2.24, 2.45) is 0 Å². The van der Waals surface area contributed by atoms with Gasteiger partial charge in [0.25, 0.3) is 0 Å². The summed E-state index contributed by atoms with van der Waals surface area (Å²) < 4.78 is 5.79. The highest BCUT2D eigenvalue weighted by molar-refractivity contribution is 5.14. The van der Waals surface area contributed by atoms with Gasteiger partial charge in [0.05, 0.1) is 12.7 Å². The van der Waals surface area contributed by atoms with Gasteiger partial charge < -0.3 is 9.64 Å². The average Bonchev–Trinajstić information content (AvgIpc) is 2.62. The molecule has 17 heavy (non-hydrogen) atoms. The van der Waals surface area contributed by atoms with E-state index in [4.69, 9.17) is 4.74 Å². The zero-order valence-corrected chi connectivity index (χ0v) is 10.8. The molecule has 1 heterocycles. The van der Waals surface area contributed by atoms with E-state index in [1.54, 1.807) is 0 Å². The van der Waals surface area contributed by atoms with E-state index in [1.807, 2.05) is 0 Å². The largest absolute Gasteiger partial charge is 0.377 e. The molecule has 0 N–H and O–H groups in total. The van der Waals surface area contributed by atoms with Gasteiger partial charge in [0.1, 0.15) is 0 Å². The van der Waals surface area contributed by atoms with Crippen molar-refractivity contribution in [1.82, 2.24) is 4.90 Å². The second-order valence-electron chi connectivity index (χ2n) is 4.77. The van der Waals surface area contributed by atoms with Gasteiger partial charge in [-0.25, -0.2) is 0 Å². The van der Waals surface area contributed by atoms with Crippen LogP contribution < -0.4 is 0 Å². The lowest BCUT2D eigenvalue weighted by Crippen LogP contribution is -2.28. The van der Waals surface area contributed by atoms with Crippen LogP contribution in [-0.4, -0.2) is 37.2 Å². The van der Waals surface area contributed by atoms with Gasteiger partial charge in [-0.05, 0) is 24.8 Å². The number of benzene rings is 1. The summed E-state index contributed by atoms with van der Waals surface area (Å²) >= 11 is 0. The van der Waals surface area contributed by atoms with Crippen molar-refractivity contribution in [3.63, 3.8) is 0 Å². The first-order valence-corrected chi connectivity index (χ1v) is 6.76. The van der Waals surface area contributed by atoms with E-state index in [-0.39, 0.29) is 0 Å². The number of ether oxygens (including phenoxy) is 1. The van der Waals surface area contributed by atoms with Crippen LogP contribution in [0.2, 0.25) is 0 Å². The van der Waals surface area contributed by atoms with Crippen molar-refractivity contribution in [3.05, 3.63) is 35.9 Å². The Kier molecular flexibility index (Phi) is 5.02. The van der Waals surface area contributed by atoms with Crippen LogP contribution in [0, 0.1) is 0 Å². The SMILES string of the molecule is CCC1CCN(CCc2ccccc2)CCO1. The lowest BCUT2D eigenvalue weighted by Gasteiger charge is -2.18. The maximum absolute atomic E-state index is 5.79. The molecule has 1 aliphatic rings. The molecule has 0 spiro atoms. The van der Waals surface area contributed by atoms with Crippen LogP contribution in [0.15, 0.2) is 30.3 Å². The molecule has 1 aromatic carbocycles. The average molecular weight is 233 g/mol. The van der Waals surface area contributed by atoms with Gasteiger partial charge in [-0.1, -0.05) is 37.3 Å². The van der Waals surface area contributed by atoms with Crippen LogP contribution in [0.25, 0.3) is 0 Å². The fourth-order valence-electron chi connectivity index (χ4n) is 2.35. The van der Waals surface area contributed by atoms with E-state index in [9.17, 15) is 0 Å². The first-order chi connectivity index (χ1) is 8.38. The summed E-state index contributed by atoms with van der Waals surface area (Å²) in [6, 6.07) is 10.7. The summed E-state index contributed by atoms with van der Waals surface area (Å²) in [5, 5.41) is 0. The molecule has 0 amide bonds. The summed E-state index contributed by atoms with van der Waals surface area (Å²) in [6.45, 7) is 6.54. The molecule has 1 atom stereocenters. The Morgan fingerprint density at radius 3 is 2.82 bits per heavy atom. The molecule has 0 radical (unpaired) electrons. The predicted molar refractivity (Wildman–Crippen MR) is 71.2 cm³/mol. The third-order valence-corrected chi connectivity index (χ3v) is 3.54. The normalized spacial score (nSPS) is 22.3. The predicted octanol–water partition coefficient (Wildman–Crippen LogP) is 2.73. The lowest BCUT2D eigenvalue weighted by atomic mass is 10.1. The van der Waals surface area contributed by atoms with Gasteiger partial charge in [0.15, 0.2) is 0 Å². The Morgan fingerprint density at radius 1 is 1.24 bits per heavy atom. The number of rotatable bonds is 4. The molecule has 1 aromatic rings. The van der Waals surface area contributed by atoms with Gasteiger partial charge in [-0.2, -0.15) is 0 Å². The number of hydrogen-bond donors (Lipinski definition) is 0. The summed E-state index contributed by atoms with van der Waals surface area (Å²) in [7, 11) is 0. The molecule has 0 saturated carbocycles. The molecule has 2 heteroatoms. The second-order valence-corrected chi connectivity index (χ2v) is 4.77. The molecular formula is C15H23NO. The molecule has 2 rings (SSSR count). The highest BCUT2D eigenvalue weighted by atomic mass is 16.5. The third-order valence-electron chi connectivity index (χ3n) is 3.54. The van der Waals surface area contributed by atoms with Gasteiger partial charge in [-0.15, -0.1) is 0 Å². The van der Waals surface area contributed by atoms with E-state index < -0.39 is 0 Å².